The van der Waals surface area contributed by atoms with E-state index in [1.165, 1.54) is 6.07 Å². The number of aliphatic imine (C=N–C) groups is 1. The van der Waals surface area contributed by atoms with Gasteiger partial charge in [0.1, 0.15) is 22.3 Å². The van der Waals surface area contributed by atoms with Crippen molar-refractivity contribution in [2.24, 2.45) is 4.99 Å². The molecule has 1 aliphatic rings. The van der Waals surface area contributed by atoms with Crippen LogP contribution in [-0.4, -0.2) is 53.2 Å². The number of hydrogen-bond acceptors (Lipinski definition) is 7. The van der Waals surface area contributed by atoms with Gasteiger partial charge in [0.2, 0.25) is 10.0 Å². The van der Waals surface area contributed by atoms with Crippen molar-refractivity contribution in [1.82, 2.24) is 10.0 Å². The Bertz CT molecular complexity index is 1580. The Kier molecular flexibility index (Phi) is 11.4. The van der Waals surface area contributed by atoms with E-state index in [4.69, 9.17) is 13.9 Å². The van der Waals surface area contributed by atoms with E-state index in [0.717, 1.165) is 0 Å². The number of rotatable bonds is 8. The summed E-state index contributed by atoms with van der Waals surface area (Å²) < 4.78 is 62.4. The van der Waals surface area contributed by atoms with Crippen LogP contribution in [0.4, 0.5) is 9.18 Å². The van der Waals surface area contributed by atoms with Gasteiger partial charge in [-0.2, -0.15) is 0 Å². The first kappa shape index (κ1) is 37.1. The number of amidine groups is 1. The fraction of sp³-hybridized carbons (Fsp3) is 0.529. The number of carbonyl (C=O) groups is 1. The molecular formula is C34H48FN3O6SSi. The standard InChI is InChI=1S/C34H48FN3O6SSi/c1-32(2,3)44-31(39)36-22-13-14-24-17-19-25(20-18-24)29-34(7,8)43-30(38-45(29,40)41)37-28(26-15-11-12-16-27(26)35)21-23-42-46(9,10)33(4,5)6/h11-12,15-20,28-29H,21-23H2,1-10H3,(H,36,39)(H,37,38)/t28-,29?/m0/s1. The van der Waals surface area contributed by atoms with Crippen LogP contribution >= 0.6 is 0 Å². The van der Waals surface area contributed by atoms with Gasteiger partial charge in [0, 0.05) is 17.7 Å². The second kappa shape index (κ2) is 14.2. The third-order valence-corrected chi connectivity index (χ3v) is 14.4. The highest BCUT2D eigenvalue weighted by Crippen LogP contribution is 2.40. The molecule has 2 N–H and O–H groups in total. The average molecular weight is 674 g/mol. The Morgan fingerprint density at radius 2 is 1.74 bits per heavy atom. The van der Waals surface area contributed by atoms with Crippen LogP contribution < -0.4 is 10.0 Å². The van der Waals surface area contributed by atoms with Gasteiger partial charge in [-0.15, -0.1) is 0 Å². The van der Waals surface area contributed by atoms with E-state index in [9.17, 15) is 17.6 Å². The van der Waals surface area contributed by atoms with Crippen molar-refractivity contribution in [3.63, 3.8) is 0 Å². The molecule has 0 aliphatic carbocycles. The Hall–Kier alpha value is -3.40. The lowest BCUT2D eigenvalue weighted by Gasteiger charge is -2.39. The Labute approximate surface area is 274 Å². The van der Waals surface area contributed by atoms with E-state index >= 15 is 0 Å². The topological polar surface area (TPSA) is 115 Å². The maximum absolute atomic E-state index is 14.9. The number of nitrogens with one attached hydrogen (secondary N) is 2. The van der Waals surface area contributed by atoms with Crippen LogP contribution in [0.1, 0.15) is 89.8 Å². The maximum Gasteiger partial charge on any atom is 0.408 e. The monoisotopic (exact) mass is 673 g/mol. The molecule has 1 unspecified atom stereocenters. The first-order chi connectivity index (χ1) is 21.1. The molecule has 1 amide bonds. The number of nitrogens with zero attached hydrogens (tertiary/aromatic N) is 1. The highest BCUT2D eigenvalue weighted by atomic mass is 32.2. The molecule has 3 rings (SSSR count). The molecule has 252 valence electrons. The van der Waals surface area contributed by atoms with Crippen molar-refractivity contribution < 1.29 is 31.5 Å². The van der Waals surface area contributed by atoms with Gasteiger partial charge in [0.25, 0.3) is 6.02 Å². The molecule has 46 heavy (non-hydrogen) atoms. The number of benzene rings is 2. The summed E-state index contributed by atoms with van der Waals surface area (Å²) in [5.74, 6) is 5.36. The van der Waals surface area contributed by atoms with Crippen molar-refractivity contribution in [3.05, 3.63) is 71.0 Å². The third kappa shape index (κ3) is 10.0. The maximum atomic E-state index is 14.9. The summed E-state index contributed by atoms with van der Waals surface area (Å²) in [6, 6.07) is 12.2. The van der Waals surface area contributed by atoms with Gasteiger partial charge in [-0.3, -0.25) is 0 Å². The largest absolute Gasteiger partial charge is 0.457 e. The zero-order valence-electron chi connectivity index (χ0n) is 28.6. The second-order valence-corrected chi connectivity index (χ2v) is 21.0. The van der Waals surface area contributed by atoms with E-state index in [2.05, 4.69) is 60.7 Å². The number of carbonyl (C=O) groups excluding carboxylic acids is 1. The molecule has 0 saturated carbocycles. The fourth-order valence-corrected chi connectivity index (χ4v) is 7.48. The van der Waals surface area contributed by atoms with Gasteiger partial charge >= 0.3 is 6.09 Å². The van der Waals surface area contributed by atoms with Crippen molar-refractivity contribution in [2.75, 3.05) is 13.2 Å². The lowest BCUT2D eigenvalue weighted by Crippen LogP contribution is -2.53. The first-order valence-electron chi connectivity index (χ1n) is 15.3. The minimum Gasteiger partial charge on any atom is -0.457 e. The van der Waals surface area contributed by atoms with Crippen LogP contribution in [-0.2, 0) is 23.9 Å². The zero-order chi connectivity index (χ0) is 34.6. The van der Waals surface area contributed by atoms with Crippen molar-refractivity contribution >= 4 is 30.5 Å². The summed E-state index contributed by atoms with van der Waals surface area (Å²) >= 11 is 0. The molecule has 0 bridgehead atoms. The van der Waals surface area contributed by atoms with Crippen molar-refractivity contribution in [1.29, 1.82) is 0 Å². The highest BCUT2D eigenvalue weighted by molar-refractivity contribution is 7.90. The molecule has 1 fully saturated rings. The normalized spacial score (nSPS) is 19.2. The number of hydrogen-bond donors (Lipinski definition) is 2. The minimum atomic E-state index is -4.01. The van der Waals surface area contributed by atoms with Crippen LogP contribution in [0.5, 0.6) is 0 Å². The Morgan fingerprint density at radius 3 is 2.30 bits per heavy atom. The zero-order valence-corrected chi connectivity index (χ0v) is 30.4. The molecule has 1 heterocycles. The summed E-state index contributed by atoms with van der Waals surface area (Å²) in [6.45, 7) is 19.8. The van der Waals surface area contributed by atoms with E-state index in [-0.39, 0.29) is 17.6 Å². The SMILES string of the molecule is CC(C)(C)OC(=O)NCC#Cc1ccc(C2C(C)(C)OC(=N[C@@H](CCO[Si](C)(C)C(C)(C)C)c3ccccc3F)NS2(=O)=O)cc1. The molecule has 1 saturated heterocycles. The van der Waals surface area contributed by atoms with Crippen LogP contribution in [0.2, 0.25) is 18.1 Å². The van der Waals surface area contributed by atoms with E-state index in [1.807, 2.05) is 0 Å². The number of alkyl carbamates (subject to hydrolysis) is 1. The van der Waals surface area contributed by atoms with Gasteiger partial charge in [-0.05, 0) is 82.9 Å². The summed E-state index contributed by atoms with van der Waals surface area (Å²) in [6.07, 6.45) is -0.223. The number of amides is 1. The van der Waals surface area contributed by atoms with Crippen LogP contribution in [0.15, 0.2) is 53.5 Å². The molecule has 9 nitrogen and oxygen atoms in total. The van der Waals surface area contributed by atoms with Gasteiger partial charge in [0.15, 0.2) is 8.32 Å². The van der Waals surface area contributed by atoms with E-state index < -0.39 is 52.7 Å². The molecule has 0 aromatic heterocycles. The summed E-state index contributed by atoms with van der Waals surface area (Å²) in [7, 11) is -6.09. The molecule has 2 aromatic carbocycles. The predicted octanol–water partition coefficient (Wildman–Crippen LogP) is 6.98. The molecule has 2 atom stereocenters. The molecule has 12 heteroatoms. The van der Waals surface area contributed by atoms with Crippen molar-refractivity contribution in [2.45, 2.75) is 102 Å². The lowest BCUT2D eigenvalue weighted by atomic mass is 9.96. The van der Waals surface area contributed by atoms with Crippen LogP contribution in [0.3, 0.4) is 0 Å². The Morgan fingerprint density at radius 1 is 1.11 bits per heavy atom. The first-order valence-corrected chi connectivity index (χ1v) is 19.8. The summed E-state index contributed by atoms with van der Waals surface area (Å²) in [4.78, 5) is 16.4. The van der Waals surface area contributed by atoms with Gasteiger partial charge in [-0.1, -0.05) is 62.9 Å². The summed E-state index contributed by atoms with van der Waals surface area (Å²) in [5, 5.41) is 1.50. The van der Waals surface area contributed by atoms with Crippen molar-refractivity contribution in [3.8, 4) is 11.8 Å². The second-order valence-electron chi connectivity index (χ2n) is 14.4. The quantitative estimate of drug-likeness (QED) is 0.231. The fourth-order valence-electron chi connectivity index (χ4n) is 4.65. The van der Waals surface area contributed by atoms with Gasteiger partial charge < -0.3 is 19.2 Å². The number of sulfonamides is 1. The van der Waals surface area contributed by atoms with Crippen LogP contribution in [0, 0.1) is 17.7 Å². The van der Waals surface area contributed by atoms with Gasteiger partial charge in [-0.25, -0.2) is 27.3 Å². The minimum absolute atomic E-state index is 0.00268. The number of halogens is 1. The number of ether oxygens (including phenoxy) is 2. The molecule has 1 aliphatic heterocycles. The molecule has 0 spiro atoms. The smallest absolute Gasteiger partial charge is 0.408 e. The molecular weight excluding hydrogens is 626 g/mol. The predicted molar refractivity (Wildman–Crippen MR) is 182 cm³/mol. The Balaban J connectivity index is 1.79. The molecule has 2 aromatic rings. The summed E-state index contributed by atoms with van der Waals surface area (Å²) in [5.41, 5.74) is -0.348. The van der Waals surface area contributed by atoms with Gasteiger partial charge in [0.05, 0.1) is 12.6 Å². The molecule has 0 radical (unpaired) electrons. The van der Waals surface area contributed by atoms with E-state index in [0.29, 0.717) is 29.7 Å². The third-order valence-electron chi connectivity index (χ3n) is 7.89. The lowest BCUT2D eigenvalue weighted by molar-refractivity contribution is 0.0534. The van der Waals surface area contributed by atoms with E-state index in [1.54, 1.807) is 77.1 Å². The average Bonchev–Trinajstić information content (AvgIpc) is 2.88. The van der Waals surface area contributed by atoms with Crippen LogP contribution in [0.25, 0.3) is 0 Å². The highest BCUT2D eigenvalue weighted by Gasteiger charge is 2.48.